The summed E-state index contributed by atoms with van der Waals surface area (Å²) in [5.74, 6) is 0.627. The van der Waals surface area contributed by atoms with Gasteiger partial charge >= 0.3 is 0 Å². The molecule has 1 aromatic heterocycles. The first kappa shape index (κ1) is 35.5. The lowest BCUT2D eigenvalue weighted by Crippen LogP contribution is -2.46. The van der Waals surface area contributed by atoms with Crippen LogP contribution in [0.15, 0.2) is 66.6 Å². The fraction of sp³-hybridized carbons (Fsp3) is 0.444. The molecule has 9 heteroatoms. The molecule has 1 atom stereocenters. The number of rotatable bonds is 9. The summed E-state index contributed by atoms with van der Waals surface area (Å²) in [5, 5.41) is 9.37. The Bertz CT molecular complexity index is 1370. The van der Waals surface area contributed by atoms with Gasteiger partial charge in [0.05, 0.1) is 12.6 Å². The highest BCUT2D eigenvalue weighted by Crippen LogP contribution is 2.36. The van der Waals surface area contributed by atoms with Gasteiger partial charge in [-0.3, -0.25) is 4.99 Å². The minimum Gasteiger partial charge on any atom is -0.505 e. The van der Waals surface area contributed by atoms with Gasteiger partial charge in [-0.15, -0.1) is 0 Å². The molecule has 0 spiro atoms. The van der Waals surface area contributed by atoms with Crippen molar-refractivity contribution in [3.63, 3.8) is 0 Å². The predicted octanol–water partition coefficient (Wildman–Crippen LogP) is 8.25. The molecule has 2 fully saturated rings. The number of benzene rings is 2. The van der Waals surface area contributed by atoms with E-state index in [2.05, 4.69) is 35.2 Å². The van der Waals surface area contributed by atoms with Crippen LogP contribution >= 0.6 is 0 Å². The van der Waals surface area contributed by atoms with Crippen LogP contribution in [-0.4, -0.2) is 46.6 Å². The van der Waals surface area contributed by atoms with Gasteiger partial charge in [0, 0.05) is 53.8 Å². The van der Waals surface area contributed by atoms with E-state index < -0.39 is 5.82 Å². The lowest BCUT2D eigenvalue weighted by Gasteiger charge is -2.38. The van der Waals surface area contributed by atoms with Crippen LogP contribution in [0.2, 0.25) is 0 Å². The lowest BCUT2D eigenvalue weighted by molar-refractivity contribution is 0.0679. The Balaban J connectivity index is 0.000000237. The molecule has 8 nitrogen and oxygen atoms in total. The second-order valence-corrected chi connectivity index (χ2v) is 11.2. The quantitative estimate of drug-likeness (QED) is 0.208. The van der Waals surface area contributed by atoms with Crippen LogP contribution in [0.4, 0.5) is 10.1 Å². The number of aromatic nitrogens is 2. The molecule has 2 aromatic carbocycles. The summed E-state index contributed by atoms with van der Waals surface area (Å²) < 4.78 is 25.1. The van der Waals surface area contributed by atoms with Crippen LogP contribution in [-0.2, 0) is 11.3 Å². The molecule has 2 aliphatic heterocycles. The number of ether oxygens (including phenoxy) is 2. The molecule has 4 N–H and O–H groups in total. The van der Waals surface area contributed by atoms with E-state index in [0.29, 0.717) is 18.8 Å². The van der Waals surface area contributed by atoms with Gasteiger partial charge in [-0.1, -0.05) is 40.2 Å². The fourth-order valence-electron chi connectivity index (χ4n) is 5.16. The maximum absolute atomic E-state index is 13.7. The number of aliphatic imine (C=N–C) groups is 1. The third kappa shape index (κ3) is 10.6. The second-order valence-electron chi connectivity index (χ2n) is 11.2. The molecule has 0 radical (unpaired) electrons. The van der Waals surface area contributed by atoms with Crippen LogP contribution < -0.4 is 15.4 Å². The largest absolute Gasteiger partial charge is 0.505 e. The van der Waals surface area contributed by atoms with Crippen molar-refractivity contribution >= 4 is 24.2 Å². The molecule has 1 unspecified atom stereocenters. The molecule has 244 valence electrons. The zero-order valence-electron chi connectivity index (χ0n) is 27.1. The number of unbranched alkanes of at least 4 members (excludes halogenated alkanes) is 1. The minimum absolute atomic E-state index is 0.177. The first-order chi connectivity index (χ1) is 21.8. The van der Waals surface area contributed by atoms with Crippen molar-refractivity contribution in [3.05, 3.63) is 84.3 Å². The standard InChI is InChI=1S/C21H20FNO3.C8H17N.C5H7N3.C2H6/c1-14-19-6-5-17(26-13-18-3-2-10-25-18)11-15(19)8-9-23(14)16-4-7-21(24)20(22)12-16;1-2-3-5-8(9)6-4-7-8;1-6-4-5-7-2-3-8-5;1-2/h4-9,11-12,18,24H,1-3,10,13H2;2-7,9H2,1H3;2-3H,1,4H2,(H,7,8);1-2H3. The number of nitrogens with two attached hydrogens (primary N) is 1. The van der Waals surface area contributed by atoms with Crippen LogP contribution in [0.5, 0.6) is 11.5 Å². The van der Waals surface area contributed by atoms with E-state index in [9.17, 15) is 9.50 Å². The molecule has 1 aliphatic carbocycles. The molecule has 3 heterocycles. The van der Waals surface area contributed by atoms with Gasteiger partial charge in [0.15, 0.2) is 11.6 Å². The number of phenolic OH excluding ortho intramolecular Hbond substituents is 1. The number of imidazole rings is 1. The van der Waals surface area contributed by atoms with Gasteiger partial charge in [0.25, 0.3) is 0 Å². The van der Waals surface area contributed by atoms with E-state index in [4.69, 9.17) is 15.2 Å². The highest BCUT2D eigenvalue weighted by molar-refractivity contribution is 5.89. The predicted molar refractivity (Wildman–Crippen MR) is 183 cm³/mol. The van der Waals surface area contributed by atoms with Crippen LogP contribution in [0.3, 0.4) is 0 Å². The summed E-state index contributed by atoms with van der Waals surface area (Å²) in [5.41, 5.74) is 9.55. The van der Waals surface area contributed by atoms with Gasteiger partial charge < -0.3 is 30.2 Å². The van der Waals surface area contributed by atoms with E-state index in [0.717, 1.165) is 47.8 Å². The minimum atomic E-state index is -0.660. The van der Waals surface area contributed by atoms with Crippen LogP contribution in [0.25, 0.3) is 11.8 Å². The Hall–Kier alpha value is -3.95. The van der Waals surface area contributed by atoms with Crippen molar-refractivity contribution in [1.82, 2.24) is 9.97 Å². The smallest absolute Gasteiger partial charge is 0.166 e. The topological polar surface area (TPSA) is 109 Å². The Morgan fingerprint density at radius 3 is 2.62 bits per heavy atom. The summed E-state index contributed by atoms with van der Waals surface area (Å²) in [6.07, 6.45) is 17.3. The van der Waals surface area contributed by atoms with E-state index in [1.54, 1.807) is 23.4 Å². The first-order valence-electron chi connectivity index (χ1n) is 16.0. The summed E-state index contributed by atoms with van der Waals surface area (Å²) in [6.45, 7) is 15.6. The number of aromatic amines is 1. The molecule has 3 aromatic rings. The molecule has 3 aliphatic rings. The summed E-state index contributed by atoms with van der Waals surface area (Å²) in [6, 6.07) is 10.1. The average molecular weight is 620 g/mol. The Morgan fingerprint density at radius 1 is 1.22 bits per heavy atom. The third-order valence-corrected chi connectivity index (χ3v) is 7.89. The Labute approximate surface area is 267 Å². The fourth-order valence-corrected chi connectivity index (χ4v) is 5.16. The van der Waals surface area contributed by atoms with E-state index in [-0.39, 0.29) is 17.4 Å². The number of phenols is 1. The van der Waals surface area contributed by atoms with Crippen LogP contribution in [0, 0.1) is 5.82 Å². The Morgan fingerprint density at radius 2 is 2.02 bits per heavy atom. The van der Waals surface area contributed by atoms with E-state index in [1.807, 2.05) is 44.3 Å². The number of nitrogens with zero attached hydrogens (tertiary/aromatic N) is 3. The van der Waals surface area contributed by atoms with Gasteiger partial charge in [-0.25, -0.2) is 9.37 Å². The number of nitrogens with one attached hydrogen (secondary N) is 1. The summed E-state index contributed by atoms with van der Waals surface area (Å²) >= 11 is 0. The number of halogens is 1. The van der Waals surface area contributed by atoms with Crippen molar-refractivity contribution in [2.75, 3.05) is 18.1 Å². The van der Waals surface area contributed by atoms with E-state index in [1.165, 1.54) is 50.7 Å². The number of hydrogen-bond acceptors (Lipinski definition) is 7. The average Bonchev–Trinajstić information content (AvgIpc) is 3.77. The SMILES string of the molecule is C=C1c2ccc(OCC3CCCO3)cc2C=CN1c1ccc(O)c(F)c1.C=NCc1ncc[nH]1.CC.CCCCC1(N)CCC1. The lowest BCUT2D eigenvalue weighted by atomic mass is 9.74. The van der Waals surface area contributed by atoms with Crippen molar-refractivity contribution in [1.29, 1.82) is 0 Å². The van der Waals surface area contributed by atoms with Crippen molar-refractivity contribution < 1.29 is 19.0 Å². The number of anilines is 1. The monoisotopic (exact) mass is 619 g/mol. The van der Waals surface area contributed by atoms with Gasteiger partial charge in [0.1, 0.15) is 18.2 Å². The summed E-state index contributed by atoms with van der Waals surface area (Å²) in [4.78, 5) is 12.2. The number of H-pyrrole nitrogens is 1. The van der Waals surface area contributed by atoms with Gasteiger partial charge in [0.2, 0.25) is 0 Å². The highest BCUT2D eigenvalue weighted by atomic mass is 19.1. The molecule has 45 heavy (non-hydrogen) atoms. The number of fused-ring (bicyclic) bond motifs is 1. The normalized spacial score (nSPS) is 17.3. The van der Waals surface area contributed by atoms with Crippen molar-refractivity contribution in [2.45, 2.75) is 90.3 Å². The Kier molecular flexibility index (Phi) is 14.3. The first-order valence-corrected chi connectivity index (χ1v) is 16.0. The van der Waals surface area contributed by atoms with Crippen molar-refractivity contribution in [3.8, 4) is 11.5 Å². The second kappa shape index (κ2) is 18.1. The highest BCUT2D eigenvalue weighted by Gasteiger charge is 2.31. The molecule has 0 bridgehead atoms. The summed E-state index contributed by atoms with van der Waals surface area (Å²) in [7, 11) is 0. The molecule has 1 saturated carbocycles. The molecule has 6 rings (SSSR count). The zero-order chi connectivity index (χ0) is 32.7. The number of hydrogen-bond donors (Lipinski definition) is 3. The molecule has 0 amide bonds. The van der Waals surface area contributed by atoms with Gasteiger partial charge in [-0.05, 0) is 87.2 Å². The van der Waals surface area contributed by atoms with E-state index >= 15 is 0 Å². The zero-order valence-corrected chi connectivity index (χ0v) is 27.1. The van der Waals surface area contributed by atoms with Gasteiger partial charge in [-0.2, -0.15) is 0 Å². The molecular formula is C36H50FN5O3. The van der Waals surface area contributed by atoms with Crippen LogP contribution in [0.1, 0.15) is 89.1 Å². The van der Waals surface area contributed by atoms with Crippen molar-refractivity contribution in [2.24, 2.45) is 10.7 Å². The number of aromatic hydroxyl groups is 1. The maximum Gasteiger partial charge on any atom is 0.166 e. The molecule has 1 saturated heterocycles. The molecular weight excluding hydrogens is 569 g/mol. The third-order valence-electron chi connectivity index (χ3n) is 7.89. The maximum atomic E-state index is 13.7.